The number of carbonyl (C=O) groups excluding carboxylic acids is 2. The number of nitrogens with two attached hydrogens (primary N) is 1. The fraction of sp³-hybridized carbons (Fsp3) is 0.286. The van der Waals surface area contributed by atoms with Crippen molar-refractivity contribution in [3.05, 3.63) is 35.4 Å². The average molecular weight is 260 g/mol. The Kier molecular flexibility index (Phi) is 6.13. The predicted molar refractivity (Wildman–Crippen MR) is 71.3 cm³/mol. The molecule has 0 saturated carbocycles. The van der Waals surface area contributed by atoms with Gasteiger partial charge >= 0.3 is 0 Å². The second-order valence-electron chi connectivity index (χ2n) is 3.66. The van der Waals surface area contributed by atoms with Gasteiger partial charge in [0.2, 0.25) is 11.8 Å². The summed E-state index contributed by atoms with van der Waals surface area (Å²) >= 11 is 0. The Morgan fingerprint density at radius 1 is 1.32 bits per heavy atom. The Bertz CT molecular complexity index is 498. The molecule has 1 aromatic rings. The van der Waals surface area contributed by atoms with Gasteiger partial charge in [-0.3, -0.25) is 9.59 Å². The first-order valence-electron chi connectivity index (χ1n) is 5.86. The van der Waals surface area contributed by atoms with Crippen LogP contribution in [0.25, 0.3) is 0 Å². The number of carbonyl (C=O) groups is 2. The van der Waals surface area contributed by atoms with Gasteiger partial charge in [-0.05, 0) is 31.2 Å². The lowest BCUT2D eigenvalue weighted by molar-refractivity contribution is -0.125. The maximum absolute atomic E-state index is 11.2. The molecular formula is C14H16N2O3. The van der Waals surface area contributed by atoms with Crippen molar-refractivity contribution in [2.45, 2.75) is 6.92 Å². The summed E-state index contributed by atoms with van der Waals surface area (Å²) in [7, 11) is 0. The van der Waals surface area contributed by atoms with Crippen LogP contribution in [-0.2, 0) is 9.53 Å². The Hall–Kier alpha value is -2.32. The standard InChI is InChI=1S/C14H16N2O3/c1-2-19-10-13(17)16-9-3-4-11-5-7-12(8-6-11)14(15)18/h5-8H,2,9-10H2,1H3,(H2,15,18)(H,16,17). The van der Waals surface area contributed by atoms with E-state index in [1.807, 2.05) is 6.92 Å². The highest BCUT2D eigenvalue weighted by molar-refractivity contribution is 5.92. The third-order valence-electron chi connectivity index (χ3n) is 2.21. The molecule has 5 heteroatoms. The predicted octanol–water partition coefficient (Wildman–Crippen LogP) is 0.290. The van der Waals surface area contributed by atoms with Gasteiger partial charge in [0.1, 0.15) is 6.61 Å². The summed E-state index contributed by atoms with van der Waals surface area (Å²) in [6.07, 6.45) is 0. The van der Waals surface area contributed by atoms with Crippen molar-refractivity contribution < 1.29 is 14.3 Å². The van der Waals surface area contributed by atoms with Crippen molar-refractivity contribution in [3.8, 4) is 11.8 Å². The molecule has 0 unspecified atom stereocenters. The second-order valence-corrected chi connectivity index (χ2v) is 3.66. The molecule has 0 fully saturated rings. The normalized spacial score (nSPS) is 9.32. The number of hydrogen-bond donors (Lipinski definition) is 2. The van der Waals surface area contributed by atoms with Crippen LogP contribution < -0.4 is 11.1 Å². The lowest BCUT2D eigenvalue weighted by atomic mass is 10.1. The Labute approximate surface area is 112 Å². The van der Waals surface area contributed by atoms with Gasteiger partial charge in [0.25, 0.3) is 0 Å². The molecule has 19 heavy (non-hydrogen) atoms. The Balaban J connectivity index is 2.41. The average Bonchev–Trinajstić information content (AvgIpc) is 2.41. The molecule has 100 valence electrons. The second kappa shape index (κ2) is 7.90. The maximum Gasteiger partial charge on any atom is 0.248 e. The molecule has 0 aliphatic heterocycles. The SMILES string of the molecule is CCOCC(=O)NCC#Cc1ccc(C(N)=O)cc1. The molecule has 0 atom stereocenters. The van der Waals surface area contributed by atoms with Crippen LogP contribution in [0, 0.1) is 11.8 Å². The minimum atomic E-state index is -0.470. The first-order valence-corrected chi connectivity index (χ1v) is 5.86. The molecule has 0 heterocycles. The van der Waals surface area contributed by atoms with E-state index >= 15 is 0 Å². The topological polar surface area (TPSA) is 81.4 Å². The largest absolute Gasteiger partial charge is 0.372 e. The van der Waals surface area contributed by atoms with Crippen molar-refractivity contribution in [2.24, 2.45) is 5.73 Å². The van der Waals surface area contributed by atoms with Crippen molar-refractivity contribution >= 4 is 11.8 Å². The van der Waals surface area contributed by atoms with E-state index in [2.05, 4.69) is 17.2 Å². The van der Waals surface area contributed by atoms with Gasteiger partial charge in [0.15, 0.2) is 0 Å². The quantitative estimate of drug-likeness (QED) is 0.747. The molecule has 2 amide bonds. The van der Waals surface area contributed by atoms with E-state index in [1.165, 1.54) is 0 Å². The van der Waals surface area contributed by atoms with Crippen LogP contribution in [0.2, 0.25) is 0 Å². The lowest BCUT2D eigenvalue weighted by Crippen LogP contribution is -2.27. The van der Waals surface area contributed by atoms with Gasteiger partial charge in [-0.25, -0.2) is 0 Å². The van der Waals surface area contributed by atoms with Crippen LogP contribution in [-0.4, -0.2) is 31.6 Å². The van der Waals surface area contributed by atoms with Crippen LogP contribution in [0.5, 0.6) is 0 Å². The van der Waals surface area contributed by atoms with E-state index in [0.717, 1.165) is 5.56 Å². The van der Waals surface area contributed by atoms with E-state index in [4.69, 9.17) is 10.5 Å². The lowest BCUT2D eigenvalue weighted by Gasteiger charge is -2.00. The first-order chi connectivity index (χ1) is 9.13. The van der Waals surface area contributed by atoms with Crippen molar-refractivity contribution in [1.82, 2.24) is 5.32 Å². The minimum absolute atomic E-state index is 0.0471. The van der Waals surface area contributed by atoms with Gasteiger partial charge in [-0.2, -0.15) is 0 Å². The molecule has 0 bridgehead atoms. The molecule has 3 N–H and O–H groups in total. The molecule has 0 aromatic heterocycles. The molecular weight excluding hydrogens is 244 g/mol. The number of ether oxygens (including phenoxy) is 1. The number of nitrogens with one attached hydrogen (secondary N) is 1. The first kappa shape index (κ1) is 14.7. The van der Waals surface area contributed by atoms with Crippen LogP contribution in [0.15, 0.2) is 24.3 Å². The zero-order valence-corrected chi connectivity index (χ0v) is 10.7. The minimum Gasteiger partial charge on any atom is -0.372 e. The van der Waals surface area contributed by atoms with E-state index in [0.29, 0.717) is 12.2 Å². The summed E-state index contributed by atoms with van der Waals surface area (Å²) in [4.78, 5) is 22.0. The summed E-state index contributed by atoms with van der Waals surface area (Å²) in [6, 6.07) is 6.63. The summed E-state index contributed by atoms with van der Waals surface area (Å²) in [6.45, 7) is 2.63. The van der Waals surface area contributed by atoms with Crippen LogP contribution >= 0.6 is 0 Å². The summed E-state index contributed by atoms with van der Waals surface area (Å²) < 4.78 is 4.94. The number of rotatable bonds is 5. The molecule has 1 aromatic carbocycles. The number of hydrogen-bond acceptors (Lipinski definition) is 3. The van der Waals surface area contributed by atoms with Crippen LogP contribution in [0.3, 0.4) is 0 Å². The van der Waals surface area contributed by atoms with Crippen molar-refractivity contribution in [3.63, 3.8) is 0 Å². The van der Waals surface area contributed by atoms with Gasteiger partial charge in [0.05, 0.1) is 6.54 Å². The van der Waals surface area contributed by atoms with Gasteiger partial charge in [-0.1, -0.05) is 11.8 Å². The number of amides is 2. The van der Waals surface area contributed by atoms with E-state index in [-0.39, 0.29) is 19.1 Å². The molecule has 0 aliphatic rings. The summed E-state index contributed by atoms with van der Waals surface area (Å²) in [5.41, 5.74) is 6.32. The Morgan fingerprint density at radius 3 is 2.58 bits per heavy atom. The monoisotopic (exact) mass is 260 g/mol. The molecule has 1 rings (SSSR count). The number of primary amides is 1. The van der Waals surface area contributed by atoms with Gasteiger partial charge in [0, 0.05) is 17.7 Å². The van der Waals surface area contributed by atoms with E-state index in [9.17, 15) is 9.59 Å². The van der Waals surface area contributed by atoms with Gasteiger partial charge in [-0.15, -0.1) is 0 Å². The summed E-state index contributed by atoms with van der Waals surface area (Å²) in [5, 5.41) is 2.61. The van der Waals surface area contributed by atoms with Crippen molar-refractivity contribution in [2.75, 3.05) is 19.8 Å². The van der Waals surface area contributed by atoms with Gasteiger partial charge < -0.3 is 15.8 Å². The highest BCUT2D eigenvalue weighted by atomic mass is 16.5. The van der Waals surface area contributed by atoms with E-state index < -0.39 is 5.91 Å². The fourth-order valence-electron chi connectivity index (χ4n) is 1.25. The highest BCUT2D eigenvalue weighted by Gasteiger charge is 1.98. The zero-order chi connectivity index (χ0) is 14.1. The smallest absolute Gasteiger partial charge is 0.248 e. The third kappa shape index (κ3) is 5.70. The van der Waals surface area contributed by atoms with E-state index in [1.54, 1.807) is 24.3 Å². The molecule has 0 radical (unpaired) electrons. The highest BCUT2D eigenvalue weighted by Crippen LogP contribution is 2.01. The van der Waals surface area contributed by atoms with Crippen LogP contribution in [0.1, 0.15) is 22.8 Å². The molecule has 5 nitrogen and oxygen atoms in total. The van der Waals surface area contributed by atoms with Crippen LogP contribution in [0.4, 0.5) is 0 Å². The van der Waals surface area contributed by atoms with Crippen molar-refractivity contribution in [1.29, 1.82) is 0 Å². The third-order valence-corrected chi connectivity index (χ3v) is 2.21. The molecule has 0 aliphatic carbocycles. The zero-order valence-electron chi connectivity index (χ0n) is 10.7. The summed E-state index contributed by atoms with van der Waals surface area (Å²) in [5.74, 6) is 5.00. The Morgan fingerprint density at radius 2 is 2.00 bits per heavy atom. The molecule has 0 spiro atoms. The maximum atomic E-state index is 11.2. The molecule has 0 saturated heterocycles. The fourth-order valence-corrected chi connectivity index (χ4v) is 1.25. The number of benzene rings is 1.